The Hall–Kier alpha value is -11.4. The number of H-pyrrole nitrogens is 8. The minimum absolute atomic E-state index is 0.0897. The van der Waals surface area contributed by atoms with Crippen LogP contribution in [0.1, 0.15) is 107 Å². The molecule has 0 saturated carbocycles. The van der Waals surface area contributed by atoms with Gasteiger partial charge in [0.15, 0.2) is 0 Å². The molecule has 12 aromatic rings. The first kappa shape index (κ1) is 77.4. The minimum atomic E-state index is -1.01. The maximum Gasteiger partial charge on any atom is 0.338 e. The van der Waals surface area contributed by atoms with Gasteiger partial charge < -0.3 is 74.0 Å². The minimum Gasteiger partial charge on any atom is -0.497 e. The van der Waals surface area contributed by atoms with Crippen LogP contribution in [0.25, 0.3) is 67.9 Å². The van der Waals surface area contributed by atoms with E-state index in [0.717, 1.165) is 167 Å². The van der Waals surface area contributed by atoms with E-state index in [9.17, 15) is 9.90 Å². The number of aryl methyl sites for hydroxylation is 7. The second kappa shape index (κ2) is 33.3. The van der Waals surface area contributed by atoms with E-state index in [0.29, 0.717) is 33.4 Å². The van der Waals surface area contributed by atoms with Crippen LogP contribution in [0.2, 0.25) is 0 Å². The lowest BCUT2D eigenvalue weighted by Crippen LogP contribution is -2.24. The molecule has 112 heavy (non-hydrogen) atoms. The van der Waals surface area contributed by atoms with Gasteiger partial charge in [-0.2, -0.15) is 0 Å². The number of nitrogens with one attached hydrogen (secondary N) is 9. The van der Waals surface area contributed by atoms with Gasteiger partial charge in [-0.3, -0.25) is 0 Å². The third kappa shape index (κ3) is 16.5. The maximum atomic E-state index is 11.9. The molecule has 0 spiro atoms. The molecule has 1 fully saturated rings. The quantitative estimate of drug-likeness (QED) is 0.0530. The monoisotopic (exact) mass is 1720 g/mol. The second-order valence-electron chi connectivity index (χ2n) is 28.8. The van der Waals surface area contributed by atoms with Gasteiger partial charge in [0.1, 0.15) is 40.1 Å². The van der Waals surface area contributed by atoms with Crippen molar-refractivity contribution >= 4 is 119 Å². The summed E-state index contributed by atoms with van der Waals surface area (Å²) in [6, 6.07) is 44.7. The number of aromatic amines is 8. The first-order chi connectivity index (χ1) is 54.0. The molecule has 10 N–H and O–H groups in total. The van der Waals surface area contributed by atoms with Crippen molar-refractivity contribution in [3.8, 4) is 28.7 Å². The fraction of sp³-hybridized carbons (Fsp3) is 0.233. The third-order valence-electron chi connectivity index (χ3n) is 20.3. The molecule has 0 bridgehead atoms. The number of halogens is 2. The molecule has 1 unspecified atom stereocenters. The molecule has 20 nitrogen and oxygen atoms in total. The number of ether oxygens (including phenoxy) is 5. The molecule has 22 heteroatoms. The number of nitrogens with zero attached hydrogens (tertiary/aromatic N) is 4. The van der Waals surface area contributed by atoms with Gasteiger partial charge in [0.05, 0.1) is 119 Å². The van der Waals surface area contributed by atoms with Crippen LogP contribution in [0.4, 0.5) is 0 Å². The zero-order valence-corrected chi connectivity index (χ0v) is 69.5. The molecule has 572 valence electrons. The average molecular weight is 1720 g/mol. The van der Waals surface area contributed by atoms with Gasteiger partial charge in [0.2, 0.25) is 0 Å². The zero-order chi connectivity index (χ0) is 78.8. The molecule has 0 aliphatic carbocycles. The zero-order valence-electron chi connectivity index (χ0n) is 65.2. The van der Waals surface area contributed by atoms with Crippen molar-refractivity contribution in [2.24, 2.45) is 20.0 Å². The van der Waals surface area contributed by atoms with Crippen LogP contribution in [0, 0.1) is 59.0 Å². The standard InChI is InChI=1S/C28H34N4O.C21H19N3O3.C21H21N3O2.C20H17I2N3O/c1-17(2)33-27-16-26(31-25(27)15-24-18(3)14-19(4)30-24)28-22(12-11-20-8-7-13-29-20)21-9-5-6-10-23(21)32-28;1-11-8-12(2)22-15(11)9-16-18(27-3)10-17(23-16)20-19(21(25)26)13-6-4-5-7-14(13)24-20;1-12-7-13(2)22-17(12)10-20-21(26-4)11-19(24-20)18-9-14-8-15(25-3)5-6-16(14)23-18;1-10-14(23-11(2)18(10)21)8-15-17(26-3)9-16(24-15)20-19(22)12-6-4-5-7-13(12)25-20/h5-6,9-10,14-17,20,29-31H,7-8,11-13H2,1-4H3;4-10,22-23H,1-3H3,(H,25,26);5-11,22,24H,1-4H3;4-9,23-24H,1-3H3/b25-15-,28-26?;16-9-,20-17?;19-18?,20-10-;15-8-,20-16?. The number of carboxylic acids is 1. The van der Waals surface area contributed by atoms with Crippen molar-refractivity contribution in [1.82, 2.24) is 45.2 Å². The van der Waals surface area contributed by atoms with E-state index in [1.165, 1.54) is 54.8 Å². The van der Waals surface area contributed by atoms with E-state index in [-0.39, 0.29) is 11.7 Å². The molecule has 5 aliphatic rings. The van der Waals surface area contributed by atoms with Gasteiger partial charge in [-0.15, -0.1) is 0 Å². The molecule has 5 aliphatic heterocycles. The lowest BCUT2D eigenvalue weighted by Gasteiger charge is -2.11. The van der Waals surface area contributed by atoms with E-state index in [1.54, 1.807) is 40.6 Å². The highest BCUT2D eigenvalue weighted by molar-refractivity contribution is 14.1. The highest BCUT2D eigenvalue weighted by atomic mass is 127. The average Bonchev–Trinajstić information content (AvgIpc) is 1.63. The van der Waals surface area contributed by atoms with E-state index >= 15 is 0 Å². The topological polar surface area (TPSA) is 271 Å². The van der Waals surface area contributed by atoms with Crippen molar-refractivity contribution in [2.75, 3.05) is 35.0 Å². The molecule has 8 aromatic heterocycles. The van der Waals surface area contributed by atoms with Crippen LogP contribution in [-0.4, -0.2) is 98.1 Å². The highest BCUT2D eigenvalue weighted by Crippen LogP contribution is 2.26. The second-order valence-corrected chi connectivity index (χ2v) is 30.9. The van der Waals surface area contributed by atoms with Gasteiger partial charge in [0, 0.05) is 100 Å². The first-order valence-corrected chi connectivity index (χ1v) is 39.5. The smallest absolute Gasteiger partial charge is 0.338 e. The lowest BCUT2D eigenvalue weighted by molar-refractivity contribution is -0.130. The fourth-order valence-corrected chi connectivity index (χ4v) is 16.1. The van der Waals surface area contributed by atoms with E-state index in [1.807, 2.05) is 86.7 Å². The Morgan fingerprint density at radius 1 is 0.509 bits per heavy atom. The van der Waals surface area contributed by atoms with Crippen molar-refractivity contribution in [2.45, 2.75) is 107 Å². The number of aliphatic carboxylic acids is 1. The summed E-state index contributed by atoms with van der Waals surface area (Å²) in [5.41, 5.74) is 18.4. The normalized spacial score (nSPS) is 17.0. The van der Waals surface area contributed by atoms with E-state index < -0.39 is 5.97 Å². The summed E-state index contributed by atoms with van der Waals surface area (Å²) >= 11 is 4.74. The van der Waals surface area contributed by atoms with Crippen LogP contribution in [0.15, 0.2) is 153 Å². The van der Waals surface area contributed by atoms with Crippen molar-refractivity contribution in [3.05, 3.63) is 290 Å². The van der Waals surface area contributed by atoms with Gasteiger partial charge in [-0.05, 0) is 259 Å². The first-order valence-electron chi connectivity index (χ1n) is 37.3. The molecule has 13 heterocycles. The summed E-state index contributed by atoms with van der Waals surface area (Å²) in [6.07, 6.45) is 15.1. The Bertz CT molecular complexity index is 6850. The molecular formula is C90H91I2N13O7. The highest BCUT2D eigenvalue weighted by Gasteiger charge is 2.24. The summed E-state index contributed by atoms with van der Waals surface area (Å²) < 4.78 is 30.6. The number of hydrogen-bond donors (Lipinski definition) is 10. The SMILES string of the molecule is COc1cc(=C2N=c3ccccc3=C2C(=O)O)[nH]/c1=C\c1[nH]c(C)cc1C.COc1cc(=C2N=c3ccccc3=C2I)[nH]/c1=C\c1[nH]c(C)c(I)c1C.COc1ccc2c(c1)=CC(=c1cc(OC)/c(=C/c3[nH]c(C)cc3C)[nH]1)N=2.Cc1cc(C)c(/C=c2\[nH]c(=C3N=c4ccccc4=C3CCC3CCCN3)cc2OC(C)C)[nH]1. The Labute approximate surface area is 673 Å². The number of carbonyl (C=O) groups is 1. The van der Waals surface area contributed by atoms with Gasteiger partial charge in [-0.25, -0.2) is 24.8 Å². The number of rotatable bonds is 14. The fourth-order valence-electron chi connectivity index (χ4n) is 14.8. The summed E-state index contributed by atoms with van der Waals surface area (Å²) in [4.78, 5) is 58.4. The number of benzene rings is 4. The van der Waals surface area contributed by atoms with Gasteiger partial charge in [-0.1, -0.05) is 54.6 Å². The summed E-state index contributed by atoms with van der Waals surface area (Å²) in [6.45, 7) is 21.9. The summed E-state index contributed by atoms with van der Waals surface area (Å²) in [5, 5.41) is 28.2. The number of fused-ring (bicyclic) bond motifs is 4. The summed E-state index contributed by atoms with van der Waals surface area (Å²) in [5.74, 6) is 2.91. The number of aromatic nitrogens is 8. The van der Waals surface area contributed by atoms with E-state index in [4.69, 9.17) is 38.7 Å². The van der Waals surface area contributed by atoms with Crippen molar-refractivity contribution < 1.29 is 33.6 Å². The number of carboxylic acid groups (broad SMARTS) is 1. The predicted octanol–water partition coefficient (Wildman–Crippen LogP) is 6.59. The Balaban J connectivity index is 0.000000125. The molecular weight excluding hydrogens is 1630 g/mol. The molecule has 4 aromatic carbocycles. The van der Waals surface area contributed by atoms with Crippen molar-refractivity contribution in [1.29, 1.82) is 0 Å². The Morgan fingerprint density at radius 2 is 0.982 bits per heavy atom. The van der Waals surface area contributed by atoms with Crippen LogP contribution in [0.5, 0.6) is 28.7 Å². The Morgan fingerprint density at radius 3 is 1.48 bits per heavy atom. The third-order valence-corrected chi connectivity index (χ3v) is 23.0. The molecule has 1 saturated heterocycles. The largest absolute Gasteiger partial charge is 0.497 e. The number of methoxy groups -OCH3 is 4. The maximum absolute atomic E-state index is 11.9. The predicted molar refractivity (Wildman–Crippen MR) is 459 cm³/mol. The molecule has 1 atom stereocenters. The number of para-hydroxylation sites is 3. The molecule has 17 rings (SSSR count). The lowest BCUT2D eigenvalue weighted by atomic mass is 10.0. The van der Waals surface area contributed by atoms with Crippen LogP contribution in [0.3, 0.4) is 0 Å². The van der Waals surface area contributed by atoms with Crippen LogP contribution >= 0.6 is 45.2 Å². The molecule has 0 amide bonds. The van der Waals surface area contributed by atoms with Crippen LogP contribution in [-0.2, 0) is 4.79 Å². The van der Waals surface area contributed by atoms with Crippen molar-refractivity contribution in [3.63, 3.8) is 0 Å². The number of hydrogen-bond acceptors (Lipinski definition) is 11. The Kier molecular flexibility index (Phi) is 23.0. The van der Waals surface area contributed by atoms with Gasteiger partial charge in [0.25, 0.3) is 0 Å². The molecule has 0 radical (unpaired) electrons. The van der Waals surface area contributed by atoms with Gasteiger partial charge >= 0.3 is 5.97 Å². The summed E-state index contributed by atoms with van der Waals surface area (Å²) in [7, 11) is 6.63. The van der Waals surface area contributed by atoms with E-state index in [2.05, 4.69) is 230 Å². The van der Waals surface area contributed by atoms with Crippen LogP contribution < -0.4 is 114 Å².